The van der Waals surface area contributed by atoms with E-state index in [2.05, 4.69) is 5.32 Å². The number of hydrogen-bond donors (Lipinski definition) is 1. The van der Waals surface area contributed by atoms with Crippen molar-refractivity contribution in [2.45, 2.75) is 6.92 Å². The molecule has 0 saturated carbocycles. The lowest BCUT2D eigenvalue weighted by Crippen LogP contribution is -2.37. The van der Waals surface area contributed by atoms with Crippen LogP contribution in [0.15, 0.2) is 45.9 Å². The number of carbonyl (C=O) groups is 3. The maximum absolute atomic E-state index is 13.7. The number of benzene rings is 1. The average molecular weight is 374 g/mol. The molecule has 6 nitrogen and oxygen atoms in total. The Bertz CT molecular complexity index is 906. The molecule has 2 aromatic rings. The summed E-state index contributed by atoms with van der Waals surface area (Å²) in [4.78, 5) is 37.5. The summed E-state index contributed by atoms with van der Waals surface area (Å²) in [5.41, 5.74) is 0.932. The lowest BCUT2D eigenvalue weighted by molar-refractivity contribution is -0.122. The molecule has 0 atom stereocenters. The normalized spacial score (nSPS) is 15.8. The molecule has 134 valence electrons. The second kappa shape index (κ2) is 7.57. The number of imide groups is 1. The van der Waals surface area contributed by atoms with Gasteiger partial charge in [0.15, 0.2) is 5.76 Å². The zero-order chi connectivity index (χ0) is 18.7. The fourth-order valence-corrected chi connectivity index (χ4v) is 3.25. The summed E-state index contributed by atoms with van der Waals surface area (Å²) in [6.07, 6.45) is 2.76. The highest BCUT2D eigenvalue weighted by Gasteiger charge is 2.34. The van der Waals surface area contributed by atoms with Crippen molar-refractivity contribution < 1.29 is 23.2 Å². The van der Waals surface area contributed by atoms with Gasteiger partial charge in [0.05, 0.1) is 11.2 Å². The number of thioether (sulfide) groups is 1. The second-order valence-corrected chi connectivity index (χ2v) is 6.54. The van der Waals surface area contributed by atoms with Crippen LogP contribution in [-0.2, 0) is 4.79 Å². The van der Waals surface area contributed by atoms with Crippen molar-refractivity contribution in [3.05, 3.63) is 64.2 Å². The summed E-state index contributed by atoms with van der Waals surface area (Å²) < 4.78 is 18.8. The van der Waals surface area contributed by atoms with Gasteiger partial charge >= 0.3 is 0 Å². The van der Waals surface area contributed by atoms with Gasteiger partial charge in [-0.2, -0.15) is 0 Å². The van der Waals surface area contributed by atoms with E-state index in [9.17, 15) is 18.8 Å². The number of rotatable bonds is 5. The summed E-state index contributed by atoms with van der Waals surface area (Å²) in [6, 6.07) is 7.66. The van der Waals surface area contributed by atoms with Crippen LogP contribution in [0.3, 0.4) is 0 Å². The van der Waals surface area contributed by atoms with E-state index in [0.717, 1.165) is 16.7 Å². The molecular formula is C18H15FN2O4S. The van der Waals surface area contributed by atoms with Crippen molar-refractivity contribution in [2.24, 2.45) is 0 Å². The van der Waals surface area contributed by atoms with Crippen molar-refractivity contribution in [3.63, 3.8) is 0 Å². The standard InChI is InChI=1S/C18H15FN2O4S/c1-11-6-9-25-15(11)16(22)20-7-8-21-17(23)14(26-18(21)24)10-12-4-2-3-5-13(12)19/h2-6,9-10H,7-8H2,1H3,(H,20,22)/b14-10-. The van der Waals surface area contributed by atoms with E-state index in [1.165, 1.54) is 24.5 Å². The molecule has 0 aliphatic carbocycles. The smallest absolute Gasteiger partial charge is 0.293 e. The lowest BCUT2D eigenvalue weighted by Gasteiger charge is -2.12. The number of nitrogens with one attached hydrogen (secondary N) is 1. The van der Waals surface area contributed by atoms with Crippen molar-refractivity contribution >= 4 is 34.9 Å². The SMILES string of the molecule is Cc1ccoc1C(=O)NCCN1C(=O)S/C(=C\c2ccccc2F)C1=O. The molecule has 0 radical (unpaired) electrons. The number of amides is 3. The van der Waals surface area contributed by atoms with Gasteiger partial charge in [0.2, 0.25) is 0 Å². The third kappa shape index (κ3) is 3.70. The highest BCUT2D eigenvalue weighted by atomic mass is 32.2. The van der Waals surface area contributed by atoms with Crippen LogP contribution in [0.5, 0.6) is 0 Å². The molecule has 1 aliphatic heterocycles. The third-order valence-electron chi connectivity index (χ3n) is 3.75. The number of aryl methyl sites for hydroxylation is 1. The molecule has 0 bridgehead atoms. The zero-order valence-electron chi connectivity index (χ0n) is 13.8. The minimum absolute atomic E-state index is 0.0186. The first-order valence-electron chi connectivity index (χ1n) is 7.79. The molecule has 1 fully saturated rings. The Hall–Kier alpha value is -2.87. The second-order valence-electron chi connectivity index (χ2n) is 5.54. The van der Waals surface area contributed by atoms with Crippen LogP contribution in [0.1, 0.15) is 21.7 Å². The summed E-state index contributed by atoms with van der Waals surface area (Å²) in [7, 11) is 0. The van der Waals surface area contributed by atoms with Gasteiger partial charge in [0, 0.05) is 24.2 Å². The zero-order valence-corrected chi connectivity index (χ0v) is 14.6. The fraction of sp³-hybridized carbons (Fsp3) is 0.167. The average Bonchev–Trinajstić information content (AvgIpc) is 3.15. The van der Waals surface area contributed by atoms with Crippen molar-refractivity contribution in [1.82, 2.24) is 10.2 Å². The van der Waals surface area contributed by atoms with Crippen LogP contribution in [-0.4, -0.2) is 35.0 Å². The highest BCUT2D eigenvalue weighted by molar-refractivity contribution is 8.18. The Labute approximate surface area is 153 Å². The van der Waals surface area contributed by atoms with Crippen molar-refractivity contribution in [2.75, 3.05) is 13.1 Å². The Balaban J connectivity index is 1.62. The minimum Gasteiger partial charge on any atom is -0.459 e. The summed E-state index contributed by atoms with van der Waals surface area (Å²) >= 11 is 0.745. The van der Waals surface area contributed by atoms with E-state index in [1.54, 1.807) is 25.1 Å². The van der Waals surface area contributed by atoms with Crippen molar-refractivity contribution in [1.29, 1.82) is 0 Å². The lowest BCUT2D eigenvalue weighted by atomic mass is 10.2. The first-order valence-corrected chi connectivity index (χ1v) is 8.61. The molecule has 0 spiro atoms. The Kier molecular flexibility index (Phi) is 5.22. The van der Waals surface area contributed by atoms with Crippen LogP contribution >= 0.6 is 11.8 Å². The van der Waals surface area contributed by atoms with E-state index in [0.29, 0.717) is 5.56 Å². The van der Waals surface area contributed by atoms with E-state index in [-0.39, 0.29) is 29.3 Å². The number of carbonyl (C=O) groups excluding carboxylic acids is 3. The Morgan fingerprint density at radius 3 is 2.77 bits per heavy atom. The summed E-state index contributed by atoms with van der Waals surface area (Å²) in [5.74, 6) is -1.20. The van der Waals surface area contributed by atoms with Gasteiger partial charge in [-0.15, -0.1) is 0 Å². The number of nitrogens with zero attached hydrogens (tertiary/aromatic N) is 1. The van der Waals surface area contributed by atoms with Crippen LogP contribution in [0.4, 0.5) is 9.18 Å². The van der Waals surface area contributed by atoms with Crippen LogP contribution in [0, 0.1) is 12.7 Å². The molecule has 1 saturated heterocycles. The molecule has 3 rings (SSSR count). The molecule has 1 N–H and O–H groups in total. The largest absolute Gasteiger partial charge is 0.459 e. The first kappa shape index (κ1) is 17.9. The molecule has 3 amide bonds. The number of hydrogen-bond acceptors (Lipinski definition) is 5. The quantitative estimate of drug-likeness (QED) is 0.813. The fourth-order valence-electron chi connectivity index (χ4n) is 2.39. The monoisotopic (exact) mass is 374 g/mol. The molecule has 1 aliphatic rings. The molecular weight excluding hydrogens is 359 g/mol. The van der Waals surface area contributed by atoms with E-state index < -0.39 is 22.9 Å². The van der Waals surface area contributed by atoms with E-state index >= 15 is 0 Å². The minimum atomic E-state index is -0.508. The van der Waals surface area contributed by atoms with Gasteiger partial charge in [-0.05, 0) is 36.9 Å². The van der Waals surface area contributed by atoms with E-state index in [1.807, 2.05) is 0 Å². The van der Waals surface area contributed by atoms with Gasteiger partial charge in [0.25, 0.3) is 17.1 Å². The van der Waals surface area contributed by atoms with Gasteiger partial charge < -0.3 is 9.73 Å². The summed E-state index contributed by atoms with van der Waals surface area (Å²) in [6.45, 7) is 1.84. The molecule has 26 heavy (non-hydrogen) atoms. The Morgan fingerprint density at radius 2 is 2.08 bits per heavy atom. The number of halogens is 1. The van der Waals surface area contributed by atoms with Crippen molar-refractivity contribution in [3.8, 4) is 0 Å². The summed E-state index contributed by atoms with van der Waals surface area (Å²) in [5, 5.41) is 2.14. The number of furan rings is 1. The van der Waals surface area contributed by atoms with Gasteiger partial charge in [-0.3, -0.25) is 19.3 Å². The molecule has 1 aromatic carbocycles. The van der Waals surface area contributed by atoms with Crippen LogP contribution in [0.25, 0.3) is 6.08 Å². The van der Waals surface area contributed by atoms with Gasteiger partial charge in [-0.25, -0.2) is 4.39 Å². The van der Waals surface area contributed by atoms with Crippen LogP contribution in [0.2, 0.25) is 0 Å². The highest BCUT2D eigenvalue weighted by Crippen LogP contribution is 2.32. The predicted octanol–water partition coefficient (Wildman–Crippen LogP) is 3.19. The molecule has 1 aromatic heterocycles. The topological polar surface area (TPSA) is 79.6 Å². The van der Waals surface area contributed by atoms with Gasteiger partial charge in [-0.1, -0.05) is 18.2 Å². The Morgan fingerprint density at radius 1 is 1.31 bits per heavy atom. The predicted molar refractivity (Wildman–Crippen MR) is 94.9 cm³/mol. The maximum Gasteiger partial charge on any atom is 0.293 e. The molecule has 0 unspecified atom stereocenters. The molecule has 2 heterocycles. The first-order chi connectivity index (χ1) is 12.5. The van der Waals surface area contributed by atoms with Crippen LogP contribution < -0.4 is 5.32 Å². The third-order valence-corrected chi connectivity index (χ3v) is 4.66. The maximum atomic E-state index is 13.7. The van der Waals surface area contributed by atoms with E-state index in [4.69, 9.17) is 4.42 Å². The molecule has 8 heteroatoms. The van der Waals surface area contributed by atoms with Gasteiger partial charge in [0.1, 0.15) is 5.82 Å².